The summed E-state index contributed by atoms with van der Waals surface area (Å²) >= 11 is 3.58. The summed E-state index contributed by atoms with van der Waals surface area (Å²) in [7, 11) is 0. The summed E-state index contributed by atoms with van der Waals surface area (Å²) in [5, 5.41) is 2.30. The lowest BCUT2D eigenvalue weighted by Gasteiger charge is -2.17. The molecule has 0 amide bonds. The van der Waals surface area contributed by atoms with Crippen molar-refractivity contribution in [3.8, 4) is 0 Å². The Kier molecular flexibility index (Phi) is 2.63. The predicted octanol–water partition coefficient (Wildman–Crippen LogP) is 3.84. The Balaban J connectivity index is 1.86. The van der Waals surface area contributed by atoms with E-state index in [0.29, 0.717) is 0 Å². The number of nitrogens with zero attached hydrogens (tertiary/aromatic N) is 2. The molecular weight excluding hydrogens is 276 g/mol. The quantitative estimate of drug-likeness (QED) is 0.839. The van der Waals surface area contributed by atoms with Crippen LogP contribution in [0.1, 0.15) is 5.56 Å². The lowest BCUT2D eigenvalue weighted by atomic mass is 10.1. The van der Waals surface area contributed by atoms with Crippen LogP contribution in [0.15, 0.2) is 44.2 Å². The number of thioether (sulfide) groups is 2. The second kappa shape index (κ2) is 4.35. The molecule has 4 rings (SSSR count). The van der Waals surface area contributed by atoms with E-state index in [1.807, 2.05) is 12.1 Å². The number of aliphatic imine (C=N–C) groups is 1. The molecule has 0 aliphatic carbocycles. The van der Waals surface area contributed by atoms with E-state index >= 15 is 0 Å². The zero-order chi connectivity index (χ0) is 12.8. The Labute approximate surface area is 119 Å². The summed E-state index contributed by atoms with van der Waals surface area (Å²) in [6.45, 7) is 1.90. The van der Waals surface area contributed by atoms with Gasteiger partial charge in [0.25, 0.3) is 0 Å². The third-order valence-corrected chi connectivity index (χ3v) is 5.58. The van der Waals surface area contributed by atoms with Crippen LogP contribution < -0.4 is 0 Å². The van der Waals surface area contributed by atoms with Gasteiger partial charge in [0, 0.05) is 17.5 Å². The minimum absolute atomic E-state index is 0.904. The first-order chi connectivity index (χ1) is 9.36. The average molecular weight is 288 g/mol. The van der Waals surface area contributed by atoms with Gasteiger partial charge in [-0.2, -0.15) is 0 Å². The second-order valence-corrected chi connectivity index (χ2v) is 6.48. The zero-order valence-electron chi connectivity index (χ0n) is 10.4. The van der Waals surface area contributed by atoms with Crippen LogP contribution in [0.4, 0.5) is 0 Å². The van der Waals surface area contributed by atoms with Gasteiger partial charge in [0.15, 0.2) is 5.17 Å². The second-order valence-electron chi connectivity index (χ2n) is 4.43. The van der Waals surface area contributed by atoms with E-state index in [2.05, 4.69) is 28.3 Å². The molecule has 0 fully saturated rings. The van der Waals surface area contributed by atoms with Crippen molar-refractivity contribution >= 4 is 45.4 Å². The van der Waals surface area contributed by atoms with Crippen molar-refractivity contribution in [3.63, 3.8) is 0 Å². The Morgan fingerprint density at radius 1 is 1.37 bits per heavy atom. The van der Waals surface area contributed by atoms with Crippen molar-refractivity contribution in [3.05, 3.63) is 40.3 Å². The predicted molar refractivity (Wildman–Crippen MR) is 83.2 cm³/mol. The highest BCUT2D eigenvalue weighted by molar-refractivity contribution is 8.30. The first kappa shape index (κ1) is 11.5. The molecule has 3 nitrogen and oxygen atoms in total. The summed E-state index contributed by atoms with van der Waals surface area (Å²) in [5.74, 6) is 0. The van der Waals surface area contributed by atoms with Crippen molar-refractivity contribution < 1.29 is 4.42 Å². The maximum Gasteiger partial charge on any atom is 0.169 e. The number of hydrogen-bond acceptors (Lipinski definition) is 5. The Hall–Kier alpha value is -1.33. The molecule has 3 heterocycles. The van der Waals surface area contributed by atoms with E-state index in [-0.39, 0.29) is 0 Å². The lowest BCUT2D eigenvalue weighted by Crippen LogP contribution is -2.19. The molecule has 0 spiro atoms. The fourth-order valence-electron chi connectivity index (χ4n) is 2.49. The molecule has 96 valence electrons. The molecule has 0 bridgehead atoms. The summed E-state index contributed by atoms with van der Waals surface area (Å²) in [4.78, 5) is 6.89. The summed E-state index contributed by atoms with van der Waals surface area (Å²) in [5.41, 5.74) is 3.49. The maximum atomic E-state index is 5.41. The molecule has 1 aromatic heterocycles. The molecule has 0 N–H and O–H groups in total. The van der Waals surface area contributed by atoms with Crippen molar-refractivity contribution in [1.29, 1.82) is 0 Å². The number of rotatable bonds is 2. The molecule has 0 atom stereocenters. The van der Waals surface area contributed by atoms with Crippen LogP contribution >= 0.6 is 23.5 Å². The van der Waals surface area contributed by atoms with E-state index < -0.39 is 0 Å². The highest BCUT2D eigenvalue weighted by Crippen LogP contribution is 2.46. The lowest BCUT2D eigenvalue weighted by molar-refractivity contribution is 0.615. The Morgan fingerprint density at radius 2 is 2.32 bits per heavy atom. The summed E-state index contributed by atoms with van der Waals surface area (Å²) in [6.07, 6.45) is 3.87. The number of hydrogen-bond donors (Lipinski definition) is 0. The van der Waals surface area contributed by atoms with Crippen LogP contribution in [0.3, 0.4) is 0 Å². The highest BCUT2D eigenvalue weighted by atomic mass is 32.2. The van der Waals surface area contributed by atoms with Gasteiger partial charge in [0.1, 0.15) is 5.58 Å². The van der Waals surface area contributed by atoms with Gasteiger partial charge in [-0.15, -0.1) is 11.8 Å². The van der Waals surface area contributed by atoms with Gasteiger partial charge in [-0.05, 0) is 42.3 Å². The average Bonchev–Trinajstić information content (AvgIpc) is 3.11. The van der Waals surface area contributed by atoms with Crippen LogP contribution in [0.5, 0.6) is 0 Å². The van der Waals surface area contributed by atoms with Gasteiger partial charge >= 0.3 is 0 Å². The highest BCUT2D eigenvalue weighted by Gasteiger charge is 2.32. The van der Waals surface area contributed by atoms with Crippen LogP contribution in [0.25, 0.3) is 16.7 Å². The van der Waals surface area contributed by atoms with E-state index in [4.69, 9.17) is 4.42 Å². The molecule has 2 aromatic rings. The van der Waals surface area contributed by atoms with Crippen LogP contribution in [0.2, 0.25) is 0 Å². The van der Waals surface area contributed by atoms with Gasteiger partial charge < -0.3 is 9.32 Å². The van der Waals surface area contributed by atoms with Crippen LogP contribution in [-0.2, 0) is 0 Å². The number of amidine groups is 1. The smallest absolute Gasteiger partial charge is 0.169 e. The Bertz CT molecular complexity index is 717. The number of benzene rings is 1. The van der Waals surface area contributed by atoms with Crippen LogP contribution in [0, 0.1) is 0 Å². The van der Waals surface area contributed by atoms with Crippen molar-refractivity contribution in [2.75, 3.05) is 19.3 Å². The van der Waals surface area contributed by atoms with E-state index in [1.165, 1.54) is 15.5 Å². The minimum Gasteiger partial charge on any atom is -0.464 e. The van der Waals surface area contributed by atoms with E-state index in [1.54, 1.807) is 29.8 Å². The molecule has 0 radical (unpaired) electrons. The monoisotopic (exact) mass is 288 g/mol. The molecule has 1 aromatic carbocycles. The Morgan fingerprint density at radius 3 is 3.21 bits per heavy atom. The number of fused-ring (bicyclic) bond motifs is 2. The first-order valence-corrected chi connectivity index (χ1v) is 8.17. The van der Waals surface area contributed by atoms with E-state index in [0.717, 1.165) is 29.2 Å². The van der Waals surface area contributed by atoms with Crippen molar-refractivity contribution in [2.24, 2.45) is 4.99 Å². The van der Waals surface area contributed by atoms with Gasteiger partial charge in [0.2, 0.25) is 0 Å². The summed E-state index contributed by atoms with van der Waals surface area (Å²) < 4.78 is 6.75. The molecule has 0 saturated carbocycles. The standard InChI is InChI=1S/C14H12N2OS2/c1-18-13-12(16-6-5-15-14(16)19-13)10-2-3-11-9(8-10)4-7-17-11/h2-4,7-8H,5-6H2,1H3. The zero-order valence-corrected chi connectivity index (χ0v) is 12.1. The number of furan rings is 1. The van der Waals surface area contributed by atoms with Gasteiger partial charge in [-0.1, -0.05) is 0 Å². The third kappa shape index (κ3) is 1.72. The topological polar surface area (TPSA) is 28.7 Å². The molecular formula is C14H12N2OS2. The fourth-order valence-corrected chi connectivity index (χ4v) is 4.41. The SMILES string of the molecule is CSC1=C(c2ccc3occc3c2)N2CCN=C2S1. The van der Waals surface area contributed by atoms with Crippen molar-refractivity contribution in [1.82, 2.24) is 4.90 Å². The van der Waals surface area contributed by atoms with E-state index in [9.17, 15) is 0 Å². The molecule has 19 heavy (non-hydrogen) atoms. The first-order valence-electron chi connectivity index (χ1n) is 6.12. The minimum atomic E-state index is 0.904. The van der Waals surface area contributed by atoms with Gasteiger partial charge in [-0.25, -0.2) is 0 Å². The summed E-state index contributed by atoms with van der Waals surface area (Å²) in [6, 6.07) is 8.40. The molecule has 2 aliphatic rings. The largest absolute Gasteiger partial charge is 0.464 e. The molecule has 0 saturated heterocycles. The molecule has 5 heteroatoms. The molecule has 0 unspecified atom stereocenters. The van der Waals surface area contributed by atoms with Gasteiger partial charge in [0.05, 0.1) is 22.7 Å². The maximum absolute atomic E-state index is 5.41. The normalized spacial score (nSPS) is 18.4. The van der Waals surface area contributed by atoms with Crippen LogP contribution in [-0.4, -0.2) is 29.4 Å². The molecule has 2 aliphatic heterocycles. The van der Waals surface area contributed by atoms with Crippen molar-refractivity contribution in [2.45, 2.75) is 0 Å². The fraction of sp³-hybridized carbons (Fsp3) is 0.214. The third-order valence-electron chi connectivity index (χ3n) is 3.36. The van der Waals surface area contributed by atoms with Gasteiger partial charge in [-0.3, -0.25) is 4.99 Å².